The van der Waals surface area contributed by atoms with Crippen LogP contribution in [-0.2, 0) is 4.74 Å². The maximum Gasteiger partial charge on any atom is 0.356 e. The second-order valence-corrected chi connectivity index (χ2v) is 5.88. The fraction of sp³-hybridized carbons (Fsp3) is 0.389. The van der Waals surface area contributed by atoms with Crippen LogP contribution in [0.4, 0.5) is 5.82 Å². The van der Waals surface area contributed by atoms with Gasteiger partial charge in [-0.05, 0) is 24.2 Å². The summed E-state index contributed by atoms with van der Waals surface area (Å²) in [6.45, 7) is 5.26. The van der Waals surface area contributed by atoms with Crippen molar-refractivity contribution in [2.75, 3.05) is 31.6 Å². The topological polar surface area (TPSA) is 87.6 Å². The molecule has 1 fully saturated rings. The second kappa shape index (κ2) is 8.04. The summed E-state index contributed by atoms with van der Waals surface area (Å²) in [5, 5.41) is 19.7. The Morgan fingerprint density at radius 1 is 1.28 bits per heavy atom. The number of benzene rings is 1. The average Bonchev–Trinajstić information content (AvgIpc) is 2.67. The third kappa shape index (κ3) is 4.12. The van der Waals surface area contributed by atoms with Crippen molar-refractivity contribution in [3.8, 4) is 0 Å². The van der Waals surface area contributed by atoms with Gasteiger partial charge in [0.15, 0.2) is 5.69 Å². The van der Waals surface area contributed by atoms with E-state index >= 15 is 0 Å². The summed E-state index contributed by atoms with van der Waals surface area (Å²) in [4.78, 5) is 13.2. The number of carboxylic acid groups (broad SMARTS) is 1. The van der Waals surface area contributed by atoms with Gasteiger partial charge in [-0.1, -0.05) is 37.3 Å². The molecule has 3 rings (SSSR count). The number of morpholine rings is 1. The summed E-state index contributed by atoms with van der Waals surface area (Å²) in [6, 6.07) is 13.6. The van der Waals surface area contributed by atoms with E-state index in [2.05, 4.69) is 39.5 Å². The minimum atomic E-state index is -1.09. The van der Waals surface area contributed by atoms with E-state index in [4.69, 9.17) is 9.84 Å². The minimum Gasteiger partial charge on any atom is -0.476 e. The monoisotopic (exact) mass is 342 g/mol. The van der Waals surface area contributed by atoms with E-state index in [1.54, 1.807) is 6.07 Å². The smallest absolute Gasteiger partial charge is 0.356 e. The summed E-state index contributed by atoms with van der Waals surface area (Å²) < 4.78 is 6.01. The number of nitrogens with one attached hydrogen (secondary N) is 1. The first-order valence-electron chi connectivity index (χ1n) is 8.40. The van der Waals surface area contributed by atoms with Gasteiger partial charge < -0.3 is 15.2 Å². The molecule has 25 heavy (non-hydrogen) atoms. The number of anilines is 1. The van der Waals surface area contributed by atoms with Crippen LogP contribution in [0.5, 0.6) is 0 Å². The third-order valence-electron chi connectivity index (χ3n) is 4.37. The average molecular weight is 342 g/mol. The molecule has 0 bridgehead atoms. The summed E-state index contributed by atoms with van der Waals surface area (Å²) in [6.07, 6.45) is -0.0305. The molecular weight excluding hydrogens is 320 g/mol. The van der Waals surface area contributed by atoms with Crippen molar-refractivity contribution in [3.05, 3.63) is 53.7 Å². The lowest BCUT2D eigenvalue weighted by molar-refractivity contribution is -0.0639. The number of likely N-dealkylation sites (N-methyl/N-ethyl adjacent to an activating group) is 1. The van der Waals surface area contributed by atoms with Crippen molar-refractivity contribution >= 4 is 11.8 Å². The number of carboxylic acids is 1. The molecule has 2 aromatic rings. The van der Waals surface area contributed by atoms with Crippen LogP contribution < -0.4 is 5.32 Å². The Balaban J connectivity index is 1.71. The van der Waals surface area contributed by atoms with Crippen LogP contribution in [0.2, 0.25) is 0 Å². The fourth-order valence-electron chi connectivity index (χ4n) is 3.13. The molecule has 1 aliphatic rings. The van der Waals surface area contributed by atoms with Gasteiger partial charge in [0.1, 0.15) is 5.82 Å². The lowest BCUT2D eigenvalue weighted by Crippen LogP contribution is -2.47. The molecule has 2 atom stereocenters. The van der Waals surface area contributed by atoms with E-state index in [0.717, 1.165) is 13.1 Å². The molecule has 0 unspecified atom stereocenters. The first kappa shape index (κ1) is 17.3. The highest BCUT2D eigenvalue weighted by molar-refractivity contribution is 5.85. The first-order valence-corrected chi connectivity index (χ1v) is 8.40. The van der Waals surface area contributed by atoms with Gasteiger partial charge in [0.2, 0.25) is 0 Å². The van der Waals surface area contributed by atoms with Crippen molar-refractivity contribution in [1.82, 2.24) is 15.1 Å². The molecule has 2 heterocycles. The van der Waals surface area contributed by atoms with Crippen LogP contribution in [0.3, 0.4) is 0 Å². The molecule has 7 heteroatoms. The second-order valence-electron chi connectivity index (χ2n) is 5.88. The maximum absolute atomic E-state index is 10.8. The van der Waals surface area contributed by atoms with E-state index < -0.39 is 5.97 Å². The zero-order chi connectivity index (χ0) is 17.6. The van der Waals surface area contributed by atoms with Gasteiger partial charge in [-0.3, -0.25) is 4.90 Å². The Hall–Kier alpha value is -2.51. The molecule has 0 spiro atoms. The van der Waals surface area contributed by atoms with Crippen molar-refractivity contribution in [1.29, 1.82) is 0 Å². The van der Waals surface area contributed by atoms with Gasteiger partial charge in [0.05, 0.1) is 18.8 Å². The maximum atomic E-state index is 10.8. The predicted octanol–water partition coefficient (Wildman–Crippen LogP) is 2.05. The Morgan fingerprint density at radius 3 is 2.72 bits per heavy atom. The first-order chi connectivity index (χ1) is 12.2. The quantitative estimate of drug-likeness (QED) is 0.830. The Bertz CT molecular complexity index is 693. The summed E-state index contributed by atoms with van der Waals surface area (Å²) >= 11 is 0. The number of nitrogens with zero attached hydrogens (tertiary/aromatic N) is 3. The van der Waals surface area contributed by atoms with Crippen molar-refractivity contribution in [2.45, 2.75) is 19.1 Å². The molecule has 1 aromatic carbocycles. The summed E-state index contributed by atoms with van der Waals surface area (Å²) in [7, 11) is 0. The van der Waals surface area contributed by atoms with E-state index in [9.17, 15) is 4.79 Å². The van der Waals surface area contributed by atoms with E-state index in [-0.39, 0.29) is 17.8 Å². The molecule has 1 aromatic heterocycles. The summed E-state index contributed by atoms with van der Waals surface area (Å²) in [5.74, 6) is -0.550. The van der Waals surface area contributed by atoms with Gasteiger partial charge in [-0.25, -0.2) is 4.79 Å². The normalized spacial score (nSPS) is 21.0. The molecule has 2 N–H and O–H groups in total. The van der Waals surface area contributed by atoms with Crippen LogP contribution in [0, 0.1) is 0 Å². The van der Waals surface area contributed by atoms with Gasteiger partial charge in [-0.15, -0.1) is 10.2 Å². The SMILES string of the molecule is CCN1CCO[C@@H](CNc2ccc(C(=O)O)nn2)[C@@H]1c1ccccc1. The standard InChI is InChI=1S/C18H22N4O3/c1-2-22-10-11-25-15(17(22)13-6-4-3-5-7-13)12-19-16-9-8-14(18(23)24)20-21-16/h3-9,15,17H,2,10-12H2,1H3,(H,19,21)(H,23,24)/t15-,17-/m0/s1. The number of rotatable bonds is 6. The summed E-state index contributed by atoms with van der Waals surface area (Å²) in [5.41, 5.74) is 1.15. The van der Waals surface area contributed by atoms with Crippen LogP contribution in [0.15, 0.2) is 42.5 Å². The highest BCUT2D eigenvalue weighted by atomic mass is 16.5. The van der Waals surface area contributed by atoms with Gasteiger partial charge in [0.25, 0.3) is 0 Å². The van der Waals surface area contributed by atoms with E-state index in [0.29, 0.717) is 19.0 Å². The van der Waals surface area contributed by atoms with Crippen molar-refractivity contribution in [3.63, 3.8) is 0 Å². The molecular formula is C18H22N4O3. The number of ether oxygens (including phenoxy) is 1. The Morgan fingerprint density at radius 2 is 2.08 bits per heavy atom. The lowest BCUT2D eigenvalue weighted by atomic mass is 9.98. The van der Waals surface area contributed by atoms with Crippen LogP contribution >= 0.6 is 0 Å². The number of aromatic carboxylic acids is 1. The lowest BCUT2D eigenvalue weighted by Gasteiger charge is -2.41. The Labute approximate surface area is 146 Å². The molecule has 0 aliphatic carbocycles. The van der Waals surface area contributed by atoms with E-state index in [1.165, 1.54) is 11.6 Å². The number of hydrogen-bond donors (Lipinski definition) is 2. The molecule has 0 amide bonds. The molecule has 0 radical (unpaired) electrons. The largest absolute Gasteiger partial charge is 0.476 e. The fourth-order valence-corrected chi connectivity index (χ4v) is 3.13. The Kier molecular flexibility index (Phi) is 5.57. The third-order valence-corrected chi connectivity index (χ3v) is 4.37. The van der Waals surface area contributed by atoms with Crippen LogP contribution in [0.25, 0.3) is 0 Å². The zero-order valence-corrected chi connectivity index (χ0v) is 14.1. The molecule has 0 saturated carbocycles. The molecule has 132 valence electrons. The number of aromatic nitrogens is 2. The van der Waals surface area contributed by atoms with Crippen LogP contribution in [-0.4, -0.2) is 58.5 Å². The van der Waals surface area contributed by atoms with Crippen LogP contribution in [0.1, 0.15) is 29.0 Å². The molecule has 7 nitrogen and oxygen atoms in total. The van der Waals surface area contributed by atoms with Crippen molar-refractivity contribution < 1.29 is 14.6 Å². The molecule has 1 aliphatic heterocycles. The highest BCUT2D eigenvalue weighted by Gasteiger charge is 2.32. The number of carbonyl (C=O) groups is 1. The van der Waals surface area contributed by atoms with Crippen molar-refractivity contribution in [2.24, 2.45) is 0 Å². The van der Waals surface area contributed by atoms with Gasteiger partial charge >= 0.3 is 5.97 Å². The minimum absolute atomic E-state index is 0.0305. The van der Waals surface area contributed by atoms with Gasteiger partial charge in [-0.2, -0.15) is 0 Å². The highest BCUT2D eigenvalue weighted by Crippen LogP contribution is 2.29. The molecule has 1 saturated heterocycles. The number of hydrogen-bond acceptors (Lipinski definition) is 6. The zero-order valence-electron chi connectivity index (χ0n) is 14.1. The van der Waals surface area contributed by atoms with Gasteiger partial charge in [0, 0.05) is 13.1 Å². The predicted molar refractivity (Wildman–Crippen MR) is 93.7 cm³/mol. The van der Waals surface area contributed by atoms with E-state index in [1.807, 2.05) is 18.2 Å².